The summed E-state index contributed by atoms with van der Waals surface area (Å²) in [5.74, 6) is 0.523. The van der Waals surface area contributed by atoms with Gasteiger partial charge in [0, 0.05) is 23.0 Å². The maximum absolute atomic E-state index is 12.6. The average Bonchev–Trinajstić information content (AvgIpc) is 3.21. The number of nitriles is 1. The van der Waals surface area contributed by atoms with Crippen molar-refractivity contribution in [1.29, 1.82) is 5.26 Å². The number of nitrogens with zero attached hydrogens (tertiary/aromatic N) is 5. The third-order valence-corrected chi connectivity index (χ3v) is 5.75. The zero-order valence-corrected chi connectivity index (χ0v) is 18.3. The molecule has 0 atom stereocenters. The molecule has 7 nitrogen and oxygen atoms in total. The molecule has 4 aromatic rings. The van der Waals surface area contributed by atoms with Crippen molar-refractivity contribution < 1.29 is 4.79 Å². The van der Waals surface area contributed by atoms with Crippen molar-refractivity contribution >= 4 is 35.0 Å². The van der Waals surface area contributed by atoms with Gasteiger partial charge in [-0.05, 0) is 35.9 Å². The van der Waals surface area contributed by atoms with Crippen LogP contribution in [0.25, 0.3) is 11.4 Å². The summed E-state index contributed by atoms with van der Waals surface area (Å²) in [5.41, 5.74) is 2.71. The van der Waals surface area contributed by atoms with E-state index in [4.69, 9.17) is 11.6 Å². The van der Waals surface area contributed by atoms with Gasteiger partial charge in [-0.1, -0.05) is 53.7 Å². The highest BCUT2D eigenvalue weighted by Crippen LogP contribution is 2.26. The minimum Gasteiger partial charge on any atom is -0.324 e. The molecule has 158 valence electrons. The van der Waals surface area contributed by atoms with Gasteiger partial charge in [-0.15, -0.1) is 10.2 Å². The number of aromatic nitrogens is 4. The summed E-state index contributed by atoms with van der Waals surface area (Å²) in [7, 11) is 0. The number of nitrogens with one attached hydrogen (secondary N) is 1. The number of thioether (sulfide) groups is 1. The highest BCUT2D eigenvalue weighted by molar-refractivity contribution is 7.99. The van der Waals surface area contributed by atoms with E-state index in [0.29, 0.717) is 33.8 Å². The summed E-state index contributed by atoms with van der Waals surface area (Å²) >= 11 is 7.27. The van der Waals surface area contributed by atoms with E-state index in [0.717, 1.165) is 11.1 Å². The van der Waals surface area contributed by atoms with E-state index in [-0.39, 0.29) is 11.7 Å². The number of anilines is 1. The Hall–Kier alpha value is -3.67. The van der Waals surface area contributed by atoms with Crippen LogP contribution in [-0.4, -0.2) is 31.4 Å². The molecule has 0 unspecified atom stereocenters. The Morgan fingerprint density at radius 1 is 1.09 bits per heavy atom. The monoisotopic (exact) mass is 460 g/mol. The number of carbonyl (C=O) groups excluding carboxylic acids is 1. The molecule has 0 aliphatic heterocycles. The molecular formula is C23H17ClN6OS. The van der Waals surface area contributed by atoms with Gasteiger partial charge >= 0.3 is 0 Å². The van der Waals surface area contributed by atoms with Crippen molar-refractivity contribution in [2.45, 2.75) is 11.7 Å². The molecular weight excluding hydrogens is 444 g/mol. The minimum atomic E-state index is -0.270. The Labute approximate surface area is 194 Å². The van der Waals surface area contributed by atoms with E-state index < -0.39 is 0 Å². The first kappa shape index (κ1) is 21.6. The Morgan fingerprint density at radius 2 is 1.88 bits per heavy atom. The van der Waals surface area contributed by atoms with Crippen LogP contribution < -0.4 is 5.32 Å². The lowest BCUT2D eigenvalue weighted by molar-refractivity contribution is -0.113. The predicted molar refractivity (Wildman–Crippen MR) is 124 cm³/mol. The number of halogens is 1. The summed E-state index contributed by atoms with van der Waals surface area (Å²) in [5, 5.41) is 21.7. The van der Waals surface area contributed by atoms with Crippen LogP contribution in [0.15, 0.2) is 78.2 Å². The summed E-state index contributed by atoms with van der Waals surface area (Å²) in [6.07, 6.45) is 3.41. The van der Waals surface area contributed by atoms with Crippen molar-refractivity contribution in [3.8, 4) is 17.5 Å². The second kappa shape index (κ2) is 10.1. The van der Waals surface area contributed by atoms with Gasteiger partial charge in [0.15, 0.2) is 11.0 Å². The van der Waals surface area contributed by atoms with Crippen LogP contribution >= 0.6 is 23.4 Å². The van der Waals surface area contributed by atoms with Crippen LogP contribution in [0.5, 0.6) is 0 Å². The van der Waals surface area contributed by atoms with Gasteiger partial charge in [-0.25, -0.2) is 0 Å². The van der Waals surface area contributed by atoms with Gasteiger partial charge < -0.3 is 5.32 Å². The largest absolute Gasteiger partial charge is 0.324 e. The Kier molecular flexibility index (Phi) is 6.80. The molecule has 9 heteroatoms. The van der Waals surface area contributed by atoms with Gasteiger partial charge in [0.2, 0.25) is 5.91 Å². The van der Waals surface area contributed by atoms with Gasteiger partial charge in [0.1, 0.15) is 6.07 Å². The first-order valence-corrected chi connectivity index (χ1v) is 11.0. The quantitative estimate of drug-likeness (QED) is 0.403. The molecule has 0 spiro atoms. The van der Waals surface area contributed by atoms with Crippen LogP contribution in [0, 0.1) is 11.3 Å². The van der Waals surface area contributed by atoms with Crippen LogP contribution in [0.1, 0.15) is 11.1 Å². The molecule has 4 rings (SSSR count). The number of pyridine rings is 1. The van der Waals surface area contributed by atoms with Crippen LogP contribution in [0.3, 0.4) is 0 Å². The molecule has 0 saturated heterocycles. The normalized spacial score (nSPS) is 10.5. The number of benzene rings is 2. The molecule has 1 N–H and O–H groups in total. The highest BCUT2D eigenvalue weighted by Gasteiger charge is 2.17. The molecule has 0 saturated carbocycles. The van der Waals surface area contributed by atoms with E-state index in [9.17, 15) is 10.1 Å². The lowest BCUT2D eigenvalue weighted by Crippen LogP contribution is -2.15. The van der Waals surface area contributed by atoms with Gasteiger partial charge in [0.25, 0.3) is 0 Å². The van der Waals surface area contributed by atoms with Crippen LogP contribution in [-0.2, 0) is 11.3 Å². The number of amides is 1. The second-order valence-electron chi connectivity index (χ2n) is 6.75. The molecule has 2 heterocycles. The fourth-order valence-electron chi connectivity index (χ4n) is 3.05. The second-order valence-corrected chi connectivity index (χ2v) is 8.13. The number of rotatable bonds is 7. The molecule has 0 radical (unpaired) electrons. The molecule has 1 amide bonds. The lowest BCUT2D eigenvalue weighted by Gasteiger charge is -2.11. The van der Waals surface area contributed by atoms with E-state index in [2.05, 4.69) is 20.5 Å². The predicted octanol–water partition coefficient (Wildman–Crippen LogP) is 4.64. The van der Waals surface area contributed by atoms with Gasteiger partial charge in [-0.3, -0.25) is 14.3 Å². The van der Waals surface area contributed by atoms with E-state index >= 15 is 0 Å². The van der Waals surface area contributed by atoms with E-state index in [1.807, 2.05) is 53.1 Å². The van der Waals surface area contributed by atoms with Crippen molar-refractivity contribution in [2.24, 2.45) is 0 Å². The average molecular weight is 461 g/mol. The SMILES string of the molecule is N#Cc1ccc(Cl)cc1NC(=O)CSc1nnc(-c2ccncc2)n1Cc1ccccc1. The summed E-state index contributed by atoms with van der Waals surface area (Å²) in [6.45, 7) is 0.558. The highest BCUT2D eigenvalue weighted by atomic mass is 35.5. The summed E-state index contributed by atoms with van der Waals surface area (Å²) < 4.78 is 1.97. The molecule has 0 aliphatic rings. The molecule has 0 bridgehead atoms. The third-order valence-electron chi connectivity index (χ3n) is 4.55. The first-order chi connectivity index (χ1) is 15.6. The van der Waals surface area contributed by atoms with Crippen molar-refractivity contribution in [3.05, 3.63) is 89.2 Å². The smallest absolute Gasteiger partial charge is 0.234 e. The summed E-state index contributed by atoms with van der Waals surface area (Å²) in [4.78, 5) is 16.6. The lowest BCUT2D eigenvalue weighted by atomic mass is 10.2. The maximum atomic E-state index is 12.6. The van der Waals surface area contributed by atoms with Gasteiger partial charge in [0.05, 0.1) is 23.5 Å². The Bertz CT molecular complexity index is 1270. The minimum absolute atomic E-state index is 0.0979. The Balaban J connectivity index is 1.54. The van der Waals surface area contributed by atoms with E-state index in [1.54, 1.807) is 30.6 Å². The topological polar surface area (TPSA) is 96.5 Å². The van der Waals surface area contributed by atoms with E-state index in [1.165, 1.54) is 11.8 Å². The fraction of sp³-hybridized carbons (Fsp3) is 0.0870. The van der Waals surface area contributed by atoms with Crippen molar-refractivity contribution in [1.82, 2.24) is 19.7 Å². The van der Waals surface area contributed by atoms with Crippen LogP contribution in [0.4, 0.5) is 5.69 Å². The van der Waals surface area contributed by atoms with Crippen molar-refractivity contribution in [3.63, 3.8) is 0 Å². The zero-order chi connectivity index (χ0) is 22.3. The number of hydrogen-bond acceptors (Lipinski definition) is 6. The molecule has 2 aromatic heterocycles. The maximum Gasteiger partial charge on any atom is 0.234 e. The zero-order valence-electron chi connectivity index (χ0n) is 16.8. The first-order valence-electron chi connectivity index (χ1n) is 9.64. The standard InChI is InChI=1S/C23H17ClN6OS/c24-19-7-6-18(13-25)20(12-19)27-21(31)15-32-23-29-28-22(17-8-10-26-11-9-17)30(23)14-16-4-2-1-3-5-16/h1-12H,14-15H2,(H,27,31). The molecule has 0 aliphatic carbocycles. The number of carbonyl (C=O) groups is 1. The van der Waals surface area contributed by atoms with Crippen LogP contribution in [0.2, 0.25) is 5.02 Å². The summed E-state index contributed by atoms with van der Waals surface area (Å²) in [6, 6.07) is 20.5. The molecule has 32 heavy (non-hydrogen) atoms. The van der Waals surface area contributed by atoms with Crippen molar-refractivity contribution in [2.75, 3.05) is 11.1 Å². The van der Waals surface area contributed by atoms with Gasteiger partial charge in [-0.2, -0.15) is 5.26 Å². The number of hydrogen-bond donors (Lipinski definition) is 1. The third kappa shape index (κ3) is 5.14. The Morgan fingerprint density at radius 3 is 2.62 bits per heavy atom. The molecule has 0 fully saturated rings. The fourth-order valence-corrected chi connectivity index (χ4v) is 3.96. The molecule has 2 aromatic carbocycles.